The van der Waals surface area contributed by atoms with Crippen LogP contribution in [0, 0.1) is 20.8 Å². The van der Waals surface area contributed by atoms with E-state index in [0.717, 1.165) is 28.2 Å². The van der Waals surface area contributed by atoms with Gasteiger partial charge in [-0.1, -0.05) is 47.7 Å². The lowest BCUT2D eigenvalue weighted by molar-refractivity contribution is -0.137. The quantitative estimate of drug-likeness (QED) is 0.154. The molecule has 4 rings (SSSR count). The van der Waals surface area contributed by atoms with Gasteiger partial charge in [-0.3, -0.25) is 9.59 Å². The van der Waals surface area contributed by atoms with Crippen LogP contribution in [0.5, 0.6) is 11.5 Å². The highest BCUT2D eigenvalue weighted by Crippen LogP contribution is 2.34. The number of benzene rings is 3. The molecule has 4 aromatic rings. The third kappa shape index (κ3) is 8.29. The normalized spacial score (nSPS) is 11.4. The van der Waals surface area contributed by atoms with Crippen LogP contribution in [0.2, 0.25) is 0 Å². The van der Waals surface area contributed by atoms with Crippen LogP contribution in [0.25, 0.3) is 0 Å². The van der Waals surface area contributed by atoms with Gasteiger partial charge in [0, 0.05) is 43.4 Å². The van der Waals surface area contributed by atoms with Crippen molar-refractivity contribution in [3.8, 4) is 11.5 Å². The maximum Gasteiger partial charge on any atom is 0.251 e. The fraction of sp³-hybridized carbons (Fsp3) is 0.294. The van der Waals surface area contributed by atoms with E-state index in [2.05, 4.69) is 15.3 Å². The van der Waals surface area contributed by atoms with Crippen molar-refractivity contribution in [1.82, 2.24) is 14.9 Å². The first-order valence-electron chi connectivity index (χ1n) is 14.2. The van der Waals surface area contributed by atoms with Gasteiger partial charge in [0.05, 0.1) is 20.0 Å². The van der Waals surface area contributed by atoms with Gasteiger partial charge in [0.15, 0.2) is 16.7 Å². The zero-order chi connectivity index (χ0) is 31.8. The minimum absolute atomic E-state index is 0.0450. The van der Waals surface area contributed by atoms with Crippen LogP contribution in [0.4, 0.5) is 11.4 Å². The standard InChI is InChI=1S/C34H39N5O4S/c1-22-8-10-25(11-9-22)20-39(31(40)21-44-34-35-23(2)18-24(3)36-34)32(26-12-17-29(42-6)30(19-26)43-7)33(41)37-27-13-15-28(16-14-27)38(4)5/h8-19,32H,20-21H2,1-7H3,(H,37,41). The lowest BCUT2D eigenvalue weighted by atomic mass is 10.0. The number of carbonyl (C=O) groups is 2. The van der Waals surface area contributed by atoms with E-state index in [9.17, 15) is 9.59 Å². The van der Waals surface area contributed by atoms with Crippen LogP contribution < -0.4 is 19.7 Å². The summed E-state index contributed by atoms with van der Waals surface area (Å²) in [5.74, 6) is 0.426. The summed E-state index contributed by atoms with van der Waals surface area (Å²) in [6, 6.07) is 21.7. The number of methoxy groups -OCH3 is 2. The van der Waals surface area contributed by atoms with Crippen molar-refractivity contribution in [2.45, 2.75) is 38.5 Å². The summed E-state index contributed by atoms with van der Waals surface area (Å²) in [6.45, 7) is 6.01. The van der Waals surface area contributed by atoms with Gasteiger partial charge in [0.2, 0.25) is 5.91 Å². The Bertz CT molecular complexity index is 1570. The number of aromatic nitrogens is 2. The van der Waals surface area contributed by atoms with Crippen molar-refractivity contribution in [3.05, 3.63) is 101 Å². The van der Waals surface area contributed by atoms with Crippen molar-refractivity contribution >= 4 is 35.0 Å². The van der Waals surface area contributed by atoms with E-state index >= 15 is 0 Å². The molecule has 0 aliphatic rings. The number of anilines is 2. The summed E-state index contributed by atoms with van der Waals surface area (Å²) < 4.78 is 11.0. The van der Waals surface area contributed by atoms with Gasteiger partial charge in [-0.15, -0.1) is 0 Å². The Labute approximate surface area is 263 Å². The Morgan fingerprint density at radius 1 is 0.841 bits per heavy atom. The summed E-state index contributed by atoms with van der Waals surface area (Å²) in [6.07, 6.45) is 0. The molecule has 1 unspecified atom stereocenters. The van der Waals surface area contributed by atoms with E-state index < -0.39 is 6.04 Å². The summed E-state index contributed by atoms with van der Waals surface area (Å²) in [5.41, 5.74) is 5.85. The van der Waals surface area contributed by atoms with Gasteiger partial charge in [0.25, 0.3) is 5.91 Å². The fourth-order valence-corrected chi connectivity index (χ4v) is 5.57. The molecule has 1 N–H and O–H groups in total. The Balaban J connectivity index is 1.75. The smallest absolute Gasteiger partial charge is 0.251 e. The molecule has 0 spiro atoms. The number of nitrogens with one attached hydrogen (secondary N) is 1. The lowest BCUT2D eigenvalue weighted by Gasteiger charge is -2.32. The van der Waals surface area contributed by atoms with Crippen molar-refractivity contribution < 1.29 is 19.1 Å². The topological polar surface area (TPSA) is 96.9 Å². The number of thioether (sulfide) groups is 1. The number of carbonyl (C=O) groups excluding carboxylic acids is 2. The molecule has 9 nitrogen and oxygen atoms in total. The van der Waals surface area contributed by atoms with Gasteiger partial charge >= 0.3 is 0 Å². The molecule has 0 bridgehead atoms. The molecule has 0 aliphatic carbocycles. The third-order valence-corrected chi connectivity index (χ3v) is 7.85. The maximum absolute atomic E-state index is 14.2. The van der Waals surface area contributed by atoms with Crippen LogP contribution in [0.15, 0.2) is 78.0 Å². The van der Waals surface area contributed by atoms with E-state index in [-0.39, 0.29) is 24.1 Å². The molecule has 1 heterocycles. The Morgan fingerprint density at radius 3 is 2.07 bits per heavy atom. The second kappa shape index (κ2) is 14.7. The molecule has 0 saturated heterocycles. The second-order valence-electron chi connectivity index (χ2n) is 10.7. The minimum atomic E-state index is -0.988. The largest absolute Gasteiger partial charge is 0.493 e. The molecule has 230 valence electrons. The summed E-state index contributed by atoms with van der Waals surface area (Å²) in [7, 11) is 7.00. The third-order valence-electron chi connectivity index (χ3n) is 7.01. The van der Waals surface area contributed by atoms with Crippen molar-refractivity contribution in [2.75, 3.05) is 44.3 Å². The highest BCUT2D eigenvalue weighted by atomic mass is 32.2. The zero-order valence-electron chi connectivity index (χ0n) is 26.2. The van der Waals surface area contributed by atoms with Crippen LogP contribution in [-0.2, 0) is 16.1 Å². The first kappa shape index (κ1) is 32.3. The molecule has 0 saturated carbocycles. The van der Waals surface area contributed by atoms with Crippen LogP contribution in [0.1, 0.15) is 34.1 Å². The SMILES string of the molecule is COc1ccc(C(C(=O)Nc2ccc(N(C)C)cc2)N(Cc2ccc(C)cc2)C(=O)CSc2nc(C)cc(C)n2)cc1OC. The van der Waals surface area contributed by atoms with E-state index in [0.29, 0.717) is 27.9 Å². The molecule has 0 radical (unpaired) electrons. The first-order chi connectivity index (χ1) is 21.1. The van der Waals surface area contributed by atoms with E-state index in [1.807, 2.05) is 94.4 Å². The van der Waals surface area contributed by atoms with Crippen molar-refractivity contribution in [1.29, 1.82) is 0 Å². The monoisotopic (exact) mass is 613 g/mol. The van der Waals surface area contributed by atoms with Gasteiger partial charge in [-0.2, -0.15) is 0 Å². The summed E-state index contributed by atoms with van der Waals surface area (Å²) >= 11 is 1.25. The zero-order valence-corrected chi connectivity index (χ0v) is 27.1. The van der Waals surface area contributed by atoms with Crippen LogP contribution in [-0.4, -0.2) is 60.8 Å². The van der Waals surface area contributed by atoms with Gasteiger partial charge in [0.1, 0.15) is 6.04 Å². The number of amides is 2. The highest BCUT2D eigenvalue weighted by Gasteiger charge is 2.33. The lowest BCUT2D eigenvalue weighted by Crippen LogP contribution is -2.41. The maximum atomic E-state index is 14.2. The Kier molecular flexibility index (Phi) is 10.8. The predicted octanol–water partition coefficient (Wildman–Crippen LogP) is 5.99. The number of hydrogen-bond donors (Lipinski definition) is 1. The average Bonchev–Trinajstić information content (AvgIpc) is 3.00. The average molecular weight is 614 g/mol. The second-order valence-corrected chi connectivity index (χ2v) is 11.6. The van der Waals surface area contributed by atoms with Crippen molar-refractivity contribution in [2.24, 2.45) is 0 Å². The molecule has 44 heavy (non-hydrogen) atoms. The summed E-state index contributed by atoms with van der Waals surface area (Å²) in [5, 5.41) is 3.55. The van der Waals surface area contributed by atoms with Gasteiger partial charge < -0.3 is 24.6 Å². The summed E-state index contributed by atoms with van der Waals surface area (Å²) in [4.78, 5) is 40.9. The van der Waals surface area contributed by atoms with Gasteiger partial charge in [-0.05, 0) is 74.4 Å². The van der Waals surface area contributed by atoms with E-state index in [1.165, 1.54) is 11.8 Å². The van der Waals surface area contributed by atoms with Crippen LogP contribution >= 0.6 is 11.8 Å². The molecule has 1 atom stereocenters. The Hall–Kier alpha value is -4.57. The predicted molar refractivity (Wildman–Crippen MR) is 176 cm³/mol. The molecule has 10 heteroatoms. The molecule has 1 aromatic heterocycles. The molecular weight excluding hydrogens is 574 g/mol. The number of hydrogen-bond acceptors (Lipinski definition) is 8. The number of nitrogens with zero attached hydrogens (tertiary/aromatic N) is 4. The fourth-order valence-electron chi connectivity index (χ4n) is 4.73. The number of aryl methyl sites for hydroxylation is 3. The molecular formula is C34H39N5O4S. The molecule has 0 aliphatic heterocycles. The molecule has 2 amide bonds. The minimum Gasteiger partial charge on any atom is -0.493 e. The Morgan fingerprint density at radius 2 is 1.48 bits per heavy atom. The van der Waals surface area contributed by atoms with Gasteiger partial charge in [-0.25, -0.2) is 9.97 Å². The van der Waals surface area contributed by atoms with E-state index in [4.69, 9.17) is 9.47 Å². The van der Waals surface area contributed by atoms with E-state index in [1.54, 1.807) is 37.3 Å². The van der Waals surface area contributed by atoms with Crippen molar-refractivity contribution in [3.63, 3.8) is 0 Å². The number of rotatable bonds is 12. The van der Waals surface area contributed by atoms with Crippen LogP contribution in [0.3, 0.4) is 0 Å². The number of ether oxygens (including phenoxy) is 2. The first-order valence-corrected chi connectivity index (χ1v) is 15.2. The molecule has 0 fully saturated rings. The highest BCUT2D eigenvalue weighted by molar-refractivity contribution is 7.99. The molecule has 3 aromatic carbocycles.